The van der Waals surface area contributed by atoms with Crippen molar-refractivity contribution >= 4 is 11.7 Å². The Labute approximate surface area is 206 Å². The van der Waals surface area contributed by atoms with Gasteiger partial charge in [0, 0.05) is 26.1 Å². The third-order valence-electron chi connectivity index (χ3n) is 7.14. The van der Waals surface area contributed by atoms with E-state index in [1.165, 1.54) is 5.56 Å². The number of hydrogen-bond donors (Lipinski definition) is 0. The van der Waals surface area contributed by atoms with E-state index >= 15 is 0 Å². The Bertz CT molecular complexity index is 1300. The molecule has 1 fully saturated rings. The largest absolute Gasteiger partial charge is 0.454 e. The van der Waals surface area contributed by atoms with Crippen molar-refractivity contribution in [3.05, 3.63) is 82.9 Å². The van der Waals surface area contributed by atoms with E-state index in [0.29, 0.717) is 17.9 Å². The van der Waals surface area contributed by atoms with Crippen LogP contribution in [0.3, 0.4) is 0 Å². The first-order valence-electron chi connectivity index (χ1n) is 12.2. The molecule has 3 aromatic carbocycles. The molecular weight excluding hydrogens is 438 g/mol. The minimum atomic E-state index is -0.435. The lowest BCUT2D eigenvalue weighted by Gasteiger charge is -2.18. The summed E-state index contributed by atoms with van der Waals surface area (Å²) in [4.78, 5) is 27.7. The van der Waals surface area contributed by atoms with Gasteiger partial charge in [0.05, 0.1) is 5.41 Å². The molecule has 1 saturated carbocycles. The average Bonchev–Trinajstić information content (AvgIpc) is 3.54. The number of amides is 1. The third kappa shape index (κ3) is 4.31. The van der Waals surface area contributed by atoms with Crippen LogP contribution in [0, 0.1) is 0 Å². The third-order valence-corrected chi connectivity index (χ3v) is 7.14. The minimum Gasteiger partial charge on any atom is -0.454 e. The van der Waals surface area contributed by atoms with Gasteiger partial charge < -0.3 is 14.4 Å². The van der Waals surface area contributed by atoms with E-state index in [4.69, 9.17) is 9.47 Å². The molecule has 0 unspecified atom stereocenters. The maximum atomic E-state index is 13.6. The quantitative estimate of drug-likeness (QED) is 0.442. The van der Waals surface area contributed by atoms with Crippen LogP contribution in [-0.2, 0) is 16.6 Å². The maximum absolute atomic E-state index is 13.6. The Hall–Kier alpha value is -3.60. The van der Waals surface area contributed by atoms with Gasteiger partial charge in [-0.2, -0.15) is 0 Å². The van der Waals surface area contributed by atoms with Gasteiger partial charge >= 0.3 is 0 Å². The summed E-state index contributed by atoms with van der Waals surface area (Å²) in [5.41, 5.74) is 5.50. The van der Waals surface area contributed by atoms with Gasteiger partial charge in [-0.15, -0.1) is 0 Å². The number of benzene rings is 3. The van der Waals surface area contributed by atoms with Crippen molar-refractivity contribution in [3.8, 4) is 22.6 Å². The Morgan fingerprint density at radius 2 is 1.71 bits per heavy atom. The van der Waals surface area contributed by atoms with Crippen LogP contribution >= 0.6 is 0 Å². The molecule has 5 heteroatoms. The highest BCUT2D eigenvalue weighted by molar-refractivity contribution is 5.96. The summed E-state index contributed by atoms with van der Waals surface area (Å²) in [6.45, 7) is 4.56. The van der Waals surface area contributed by atoms with Gasteiger partial charge in [0.1, 0.15) is 5.78 Å². The lowest BCUT2D eigenvalue weighted by Crippen LogP contribution is -2.22. The molecule has 3 aromatic rings. The van der Waals surface area contributed by atoms with Crippen LogP contribution in [0.4, 0.5) is 0 Å². The number of nitrogens with zero attached hydrogens (tertiary/aromatic N) is 1. The molecule has 2 aliphatic rings. The SMILES string of the molecule is CC(C)c1ccc(CC(=O)C2(c3ccc4c(c3)OCO4)CC2)cc1-c1cccc(C(=O)N(C)C)c1. The van der Waals surface area contributed by atoms with Crippen LogP contribution in [0.25, 0.3) is 11.1 Å². The van der Waals surface area contributed by atoms with Crippen molar-refractivity contribution in [2.75, 3.05) is 20.9 Å². The van der Waals surface area contributed by atoms with E-state index in [2.05, 4.69) is 32.0 Å². The normalized spacial score (nSPS) is 15.2. The zero-order valence-corrected chi connectivity index (χ0v) is 20.8. The van der Waals surface area contributed by atoms with Gasteiger partial charge in [-0.3, -0.25) is 9.59 Å². The van der Waals surface area contributed by atoms with Crippen LogP contribution in [0.5, 0.6) is 11.5 Å². The number of fused-ring (bicyclic) bond motifs is 1. The van der Waals surface area contributed by atoms with Crippen molar-refractivity contribution < 1.29 is 19.1 Å². The average molecular weight is 470 g/mol. The van der Waals surface area contributed by atoms with Crippen LogP contribution in [0.15, 0.2) is 60.7 Å². The van der Waals surface area contributed by atoms with Crippen LogP contribution < -0.4 is 9.47 Å². The molecule has 1 aliphatic heterocycles. The minimum absolute atomic E-state index is 0.0244. The molecule has 5 rings (SSSR count). The summed E-state index contributed by atoms with van der Waals surface area (Å²) < 4.78 is 11.0. The summed E-state index contributed by atoms with van der Waals surface area (Å²) in [7, 11) is 3.52. The number of Topliss-reactive ketones (excluding diaryl/α,β-unsaturated/α-hetero) is 1. The van der Waals surface area contributed by atoms with E-state index < -0.39 is 5.41 Å². The Kier molecular flexibility index (Phi) is 5.87. The fourth-order valence-electron chi connectivity index (χ4n) is 4.95. The topological polar surface area (TPSA) is 55.8 Å². The number of carbonyl (C=O) groups is 2. The summed E-state index contributed by atoms with van der Waals surface area (Å²) >= 11 is 0. The molecule has 0 bridgehead atoms. The second kappa shape index (κ2) is 8.88. The van der Waals surface area contributed by atoms with Gasteiger partial charge in [0.2, 0.25) is 6.79 Å². The van der Waals surface area contributed by atoms with Gasteiger partial charge in [-0.05, 0) is 70.8 Å². The molecule has 35 heavy (non-hydrogen) atoms. The highest BCUT2D eigenvalue weighted by Gasteiger charge is 2.50. The number of ether oxygens (including phenoxy) is 2. The summed E-state index contributed by atoms with van der Waals surface area (Å²) in [5, 5.41) is 0. The highest BCUT2D eigenvalue weighted by Crippen LogP contribution is 2.51. The number of ketones is 1. The van der Waals surface area contributed by atoms with E-state index in [-0.39, 0.29) is 18.5 Å². The predicted octanol–water partition coefficient (Wildman–Crippen LogP) is 5.75. The monoisotopic (exact) mass is 469 g/mol. The second-order valence-corrected chi connectivity index (χ2v) is 10.1. The maximum Gasteiger partial charge on any atom is 0.253 e. The molecule has 0 N–H and O–H groups in total. The Balaban J connectivity index is 1.45. The van der Waals surface area contributed by atoms with Crippen molar-refractivity contribution in [3.63, 3.8) is 0 Å². The highest BCUT2D eigenvalue weighted by atomic mass is 16.7. The molecule has 1 aliphatic carbocycles. The lowest BCUT2D eigenvalue weighted by molar-refractivity contribution is -0.120. The Morgan fingerprint density at radius 3 is 2.43 bits per heavy atom. The molecular formula is C30H31NO4. The van der Waals surface area contributed by atoms with Crippen LogP contribution in [0.1, 0.15) is 59.7 Å². The lowest BCUT2D eigenvalue weighted by atomic mass is 9.85. The molecule has 0 atom stereocenters. The van der Waals surface area contributed by atoms with Crippen LogP contribution in [0.2, 0.25) is 0 Å². The summed E-state index contributed by atoms with van der Waals surface area (Å²) in [6, 6.07) is 19.9. The number of carbonyl (C=O) groups excluding carboxylic acids is 2. The Morgan fingerprint density at radius 1 is 0.943 bits per heavy atom. The van der Waals surface area contributed by atoms with Gasteiger partial charge in [-0.25, -0.2) is 0 Å². The predicted molar refractivity (Wildman–Crippen MR) is 136 cm³/mol. The van der Waals surface area contributed by atoms with Gasteiger partial charge in [0.25, 0.3) is 5.91 Å². The van der Waals surface area contributed by atoms with E-state index in [9.17, 15) is 9.59 Å². The molecule has 0 radical (unpaired) electrons. The zero-order chi connectivity index (χ0) is 24.7. The number of rotatable bonds is 7. The van der Waals surface area contributed by atoms with E-state index in [1.54, 1.807) is 19.0 Å². The molecule has 5 nitrogen and oxygen atoms in total. The van der Waals surface area contributed by atoms with Gasteiger partial charge in [-0.1, -0.05) is 50.2 Å². The zero-order valence-electron chi connectivity index (χ0n) is 20.8. The number of hydrogen-bond acceptors (Lipinski definition) is 4. The first kappa shape index (κ1) is 23.2. The van der Waals surface area contributed by atoms with Crippen molar-refractivity contribution in [2.24, 2.45) is 0 Å². The van der Waals surface area contributed by atoms with Crippen molar-refractivity contribution in [1.82, 2.24) is 4.90 Å². The van der Waals surface area contributed by atoms with E-state index in [0.717, 1.165) is 46.6 Å². The van der Waals surface area contributed by atoms with Gasteiger partial charge in [0.15, 0.2) is 11.5 Å². The van der Waals surface area contributed by atoms with E-state index in [1.807, 2.05) is 42.5 Å². The standard InChI is InChI=1S/C30H31NO4/c1-19(2)24-10-8-20(14-25(24)21-6-5-7-22(16-21)29(33)31(3)4)15-28(32)30(12-13-30)23-9-11-26-27(17-23)35-18-34-26/h5-11,14,16-17,19H,12-13,15,18H2,1-4H3. The summed E-state index contributed by atoms with van der Waals surface area (Å²) in [6.07, 6.45) is 2.09. The van der Waals surface area contributed by atoms with Crippen molar-refractivity contribution in [1.29, 1.82) is 0 Å². The van der Waals surface area contributed by atoms with Crippen molar-refractivity contribution in [2.45, 2.75) is 44.4 Å². The molecule has 0 saturated heterocycles. The first-order chi connectivity index (χ1) is 16.8. The smallest absolute Gasteiger partial charge is 0.253 e. The molecule has 180 valence electrons. The fourth-order valence-corrected chi connectivity index (χ4v) is 4.95. The molecule has 0 spiro atoms. The fraction of sp³-hybridized carbons (Fsp3) is 0.333. The molecule has 1 amide bonds. The first-order valence-corrected chi connectivity index (χ1v) is 12.2. The second-order valence-electron chi connectivity index (χ2n) is 10.1. The molecule has 1 heterocycles. The van der Waals surface area contributed by atoms with Crippen LogP contribution in [-0.4, -0.2) is 37.5 Å². The summed E-state index contributed by atoms with van der Waals surface area (Å²) in [5.74, 6) is 1.98. The molecule has 0 aromatic heterocycles.